The predicted octanol–water partition coefficient (Wildman–Crippen LogP) is 2.96. The van der Waals surface area contributed by atoms with Crippen molar-refractivity contribution in [3.63, 3.8) is 0 Å². The molecule has 0 fully saturated rings. The Labute approximate surface area is 186 Å². The summed E-state index contributed by atoms with van der Waals surface area (Å²) in [5.41, 5.74) is 12.4. The van der Waals surface area contributed by atoms with Crippen molar-refractivity contribution in [2.45, 2.75) is 37.8 Å². The molecule has 0 radical (unpaired) electrons. The summed E-state index contributed by atoms with van der Waals surface area (Å²) in [4.78, 5) is 19.3. The van der Waals surface area contributed by atoms with Crippen LogP contribution >= 0.6 is 37.0 Å². The monoisotopic (exact) mass is 454 g/mol. The highest BCUT2D eigenvalue weighted by atomic mass is 35.5. The summed E-state index contributed by atoms with van der Waals surface area (Å²) in [6.07, 6.45) is 10.3. The number of aryl methyl sites for hydroxylation is 1. The molecule has 156 valence electrons. The minimum atomic E-state index is -0.683. The Hall–Kier alpha value is -2.13. The number of nitrogens with one attached hydrogen (secondary N) is 2. The molecule has 0 spiro atoms. The number of amides is 1. The first-order valence-corrected chi connectivity index (χ1v) is 9.42. The number of halogens is 2. The standard InChI is InChI=1S/C19H22N6OS.2ClH/c20-17(10-15-11-21-12-22-15)18(26)23-25-8-7-24(19(25)27)16-6-5-13-3-1-2-4-14(13)9-16;;/h1-4,7-8,11-12,16-17H,5-6,9-10,20H2,(H,21,22)(H,23,26);2*1H/t16-,17-;;/m0../s1. The van der Waals surface area contributed by atoms with Crippen molar-refractivity contribution in [1.29, 1.82) is 0 Å². The van der Waals surface area contributed by atoms with Gasteiger partial charge in [-0.2, -0.15) is 0 Å². The molecule has 0 unspecified atom stereocenters. The summed E-state index contributed by atoms with van der Waals surface area (Å²) in [6, 6.07) is 8.15. The van der Waals surface area contributed by atoms with Gasteiger partial charge in [-0.05, 0) is 42.6 Å². The van der Waals surface area contributed by atoms with Crippen LogP contribution in [0.15, 0.2) is 49.2 Å². The van der Waals surface area contributed by atoms with Gasteiger partial charge in [0.2, 0.25) is 0 Å². The van der Waals surface area contributed by atoms with Crippen LogP contribution in [0.1, 0.15) is 29.3 Å². The number of imidazole rings is 2. The highest BCUT2D eigenvalue weighted by Crippen LogP contribution is 2.29. The lowest BCUT2D eigenvalue weighted by atomic mass is 9.88. The molecular formula is C19H24Cl2N6OS. The van der Waals surface area contributed by atoms with Gasteiger partial charge >= 0.3 is 0 Å². The number of hydrogen-bond donors (Lipinski definition) is 3. The van der Waals surface area contributed by atoms with E-state index in [2.05, 4.69) is 44.2 Å². The van der Waals surface area contributed by atoms with Crippen molar-refractivity contribution in [1.82, 2.24) is 19.2 Å². The molecule has 4 rings (SSSR count). The fourth-order valence-corrected chi connectivity index (χ4v) is 3.91. The molecular weight excluding hydrogens is 431 g/mol. The van der Waals surface area contributed by atoms with E-state index >= 15 is 0 Å². The number of aromatic nitrogens is 4. The van der Waals surface area contributed by atoms with Crippen LogP contribution in [-0.4, -0.2) is 31.2 Å². The zero-order chi connectivity index (χ0) is 18.8. The van der Waals surface area contributed by atoms with Crippen LogP contribution in [0.4, 0.5) is 0 Å². The normalized spacial score (nSPS) is 16.1. The number of nitrogens with two attached hydrogens (primary N) is 1. The van der Waals surface area contributed by atoms with Crippen molar-refractivity contribution < 1.29 is 4.79 Å². The van der Waals surface area contributed by atoms with Gasteiger partial charge in [0.05, 0.1) is 12.4 Å². The molecule has 2 heterocycles. The molecule has 10 heteroatoms. The molecule has 7 nitrogen and oxygen atoms in total. The van der Waals surface area contributed by atoms with Crippen molar-refractivity contribution in [2.75, 3.05) is 5.43 Å². The maximum absolute atomic E-state index is 12.4. The Kier molecular flexibility index (Phi) is 8.04. The highest BCUT2D eigenvalue weighted by Gasteiger charge is 2.21. The first-order chi connectivity index (χ1) is 13.1. The maximum atomic E-state index is 12.4. The van der Waals surface area contributed by atoms with Gasteiger partial charge in [0, 0.05) is 36.7 Å². The Bertz CT molecular complexity index is 1000. The second kappa shape index (κ2) is 10.1. The number of benzene rings is 1. The molecule has 4 N–H and O–H groups in total. The zero-order valence-corrected chi connectivity index (χ0v) is 18.1. The second-order valence-corrected chi connectivity index (χ2v) is 7.25. The molecule has 1 aromatic carbocycles. The van der Waals surface area contributed by atoms with Gasteiger partial charge in [-0.15, -0.1) is 24.8 Å². The third-order valence-corrected chi connectivity index (χ3v) is 5.49. The Morgan fingerprint density at radius 1 is 1.31 bits per heavy atom. The smallest absolute Gasteiger partial charge is 0.256 e. The van der Waals surface area contributed by atoms with Crippen LogP contribution < -0.4 is 11.2 Å². The molecule has 3 aromatic rings. The number of rotatable bonds is 5. The van der Waals surface area contributed by atoms with Gasteiger partial charge in [-0.3, -0.25) is 10.2 Å². The summed E-state index contributed by atoms with van der Waals surface area (Å²) in [6.45, 7) is 0. The van der Waals surface area contributed by atoms with Gasteiger partial charge in [0.1, 0.15) is 0 Å². The Morgan fingerprint density at radius 3 is 2.79 bits per heavy atom. The van der Waals surface area contributed by atoms with Gasteiger partial charge in [-0.25, -0.2) is 9.66 Å². The summed E-state index contributed by atoms with van der Waals surface area (Å²) in [7, 11) is 0. The quantitative estimate of drug-likeness (QED) is 0.516. The van der Waals surface area contributed by atoms with E-state index in [9.17, 15) is 4.79 Å². The lowest BCUT2D eigenvalue weighted by Gasteiger charge is -2.25. The summed E-state index contributed by atoms with van der Waals surface area (Å²) in [5, 5.41) is 0. The summed E-state index contributed by atoms with van der Waals surface area (Å²) in [5.74, 6) is -0.285. The third kappa shape index (κ3) is 5.08. The minimum Gasteiger partial charge on any atom is -0.348 e. The summed E-state index contributed by atoms with van der Waals surface area (Å²) >= 11 is 5.58. The van der Waals surface area contributed by atoms with E-state index in [0.717, 1.165) is 25.0 Å². The van der Waals surface area contributed by atoms with Crippen molar-refractivity contribution in [2.24, 2.45) is 5.73 Å². The van der Waals surface area contributed by atoms with E-state index in [1.54, 1.807) is 23.4 Å². The van der Waals surface area contributed by atoms with Crippen molar-refractivity contribution >= 4 is 42.9 Å². The maximum Gasteiger partial charge on any atom is 0.256 e. The summed E-state index contributed by atoms with van der Waals surface area (Å²) < 4.78 is 4.21. The van der Waals surface area contributed by atoms with Crippen LogP contribution in [0.5, 0.6) is 0 Å². The van der Waals surface area contributed by atoms with E-state index < -0.39 is 6.04 Å². The Morgan fingerprint density at radius 2 is 2.07 bits per heavy atom. The number of carbonyl (C=O) groups is 1. The van der Waals surface area contributed by atoms with E-state index in [1.807, 2.05) is 6.20 Å². The number of nitrogens with zero attached hydrogens (tertiary/aromatic N) is 3. The second-order valence-electron chi connectivity index (χ2n) is 6.89. The van der Waals surface area contributed by atoms with E-state index in [0.29, 0.717) is 17.2 Å². The molecule has 0 aliphatic heterocycles. The fourth-order valence-electron chi connectivity index (χ4n) is 3.60. The number of carbonyl (C=O) groups excluding carboxylic acids is 1. The molecule has 29 heavy (non-hydrogen) atoms. The lowest BCUT2D eigenvalue weighted by molar-refractivity contribution is -0.118. The first kappa shape index (κ1) is 23.2. The van der Waals surface area contributed by atoms with Crippen molar-refractivity contribution in [3.05, 3.63) is 70.8 Å². The zero-order valence-electron chi connectivity index (χ0n) is 15.7. The SMILES string of the molecule is Cl.Cl.N[C@@H](Cc1cnc[nH]1)C(=O)Nn1ccn([C@H]2CCc3ccccc3C2)c1=S. The van der Waals surface area contributed by atoms with Crippen LogP contribution in [0, 0.1) is 4.77 Å². The highest BCUT2D eigenvalue weighted by molar-refractivity contribution is 7.71. The van der Waals surface area contributed by atoms with E-state index in [4.69, 9.17) is 18.0 Å². The van der Waals surface area contributed by atoms with Crippen LogP contribution in [0.25, 0.3) is 0 Å². The molecule has 0 bridgehead atoms. The number of aromatic amines is 1. The molecule has 2 atom stereocenters. The van der Waals surface area contributed by atoms with Gasteiger partial charge in [0.25, 0.3) is 5.91 Å². The van der Waals surface area contributed by atoms with Crippen LogP contribution in [0.3, 0.4) is 0 Å². The minimum absolute atomic E-state index is 0. The van der Waals surface area contributed by atoms with Crippen LogP contribution in [-0.2, 0) is 24.1 Å². The van der Waals surface area contributed by atoms with E-state index in [-0.39, 0.29) is 30.7 Å². The van der Waals surface area contributed by atoms with E-state index in [1.165, 1.54) is 11.1 Å². The Balaban J connectivity index is 0.00000150. The number of hydrogen-bond acceptors (Lipinski definition) is 4. The average Bonchev–Trinajstić information content (AvgIpc) is 3.31. The first-order valence-electron chi connectivity index (χ1n) is 9.02. The van der Waals surface area contributed by atoms with Crippen LogP contribution in [0.2, 0.25) is 0 Å². The molecule has 2 aromatic heterocycles. The van der Waals surface area contributed by atoms with Gasteiger partial charge in [0.15, 0.2) is 4.77 Å². The number of fused-ring (bicyclic) bond motifs is 1. The predicted molar refractivity (Wildman–Crippen MR) is 120 cm³/mol. The third-order valence-electron chi connectivity index (χ3n) is 5.08. The topological polar surface area (TPSA) is 93.7 Å². The number of H-pyrrole nitrogens is 1. The average molecular weight is 455 g/mol. The largest absolute Gasteiger partial charge is 0.348 e. The molecule has 1 aliphatic rings. The lowest BCUT2D eigenvalue weighted by Crippen LogP contribution is -2.40. The molecule has 1 amide bonds. The van der Waals surface area contributed by atoms with Gasteiger partial charge in [-0.1, -0.05) is 24.3 Å². The fraction of sp³-hybridized carbons (Fsp3) is 0.316. The van der Waals surface area contributed by atoms with Crippen molar-refractivity contribution in [3.8, 4) is 0 Å². The molecule has 1 aliphatic carbocycles. The molecule has 0 saturated heterocycles. The molecule has 0 saturated carbocycles. The van der Waals surface area contributed by atoms with Gasteiger partial charge < -0.3 is 15.3 Å².